The molecule has 3 rings (SSSR count). The number of hydrogen-bond donors (Lipinski definition) is 1. The van der Waals surface area contributed by atoms with Gasteiger partial charge in [-0.15, -0.1) is 0 Å². The number of fused-ring (bicyclic) bond motifs is 1. The van der Waals surface area contributed by atoms with Crippen LogP contribution in [0.4, 0.5) is 5.82 Å². The van der Waals surface area contributed by atoms with Crippen LogP contribution in [0.3, 0.4) is 0 Å². The Labute approximate surface area is 126 Å². The standard InChI is InChI=1S/C17H24N2O2/c1-2-9-19(11-12-7-8-12)16-14(17(20)21)10-13-5-3-4-6-15(13)18-16/h10,12H,2-9,11H2,1H3,(H,20,21). The van der Waals surface area contributed by atoms with Crippen LogP contribution in [0.25, 0.3) is 0 Å². The molecule has 4 nitrogen and oxygen atoms in total. The Balaban J connectivity index is 1.98. The van der Waals surface area contributed by atoms with Crippen LogP contribution in [-0.4, -0.2) is 29.1 Å². The van der Waals surface area contributed by atoms with Crippen molar-refractivity contribution in [3.63, 3.8) is 0 Å². The molecule has 0 atom stereocenters. The van der Waals surface area contributed by atoms with Gasteiger partial charge >= 0.3 is 5.97 Å². The Morgan fingerprint density at radius 1 is 1.38 bits per heavy atom. The molecule has 0 saturated heterocycles. The maximum atomic E-state index is 11.7. The summed E-state index contributed by atoms with van der Waals surface area (Å²) in [5.74, 6) is 0.593. The smallest absolute Gasteiger partial charge is 0.339 e. The number of hydrogen-bond acceptors (Lipinski definition) is 3. The molecule has 0 unspecified atom stereocenters. The molecule has 2 aliphatic carbocycles. The second-order valence-corrected chi connectivity index (χ2v) is 6.37. The van der Waals surface area contributed by atoms with E-state index in [1.807, 2.05) is 6.07 Å². The van der Waals surface area contributed by atoms with Gasteiger partial charge in [0.2, 0.25) is 0 Å². The maximum absolute atomic E-state index is 11.7. The molecule has 0 radical (unpaired) electrons. The fourth-order valence-electron chi connectivity index (χ4n) is 3.19. The normalized spacial score (nSPS) is 17.4. The molecule has 114 valence electrons. The van der Waals surface area contributed by atoms with Crippen molar-refractivity contribution >= 4 is 11.8 Å². The van der Waals surface area contributed by atoms with Crippen LogP contribution < -0.4 is 4.90 Å². The number of carboxylic acids is 1. The SMILES string of the molecule is CCCN(CC1CC1)c1nc2c(cc1C(=O)O)CCCC2. The van der Waals surface area contributed by atoms with Crippen molar-refractivity contribution in [2.75, 3.05) is 18.0 Å². The molecular weight excluding hydrogens is 264 g/mol. The lowest BCUT2D eigenvalue weighted by atomic mass is 9.94. The summed E-state index contributed by atoms with van der Waals surface area (Å²) in [6, 6.07) is 1.88. The predicted octanol–water partition coefficient (Wildman–Crippen LogP) is 3.29. The Morgan fingerprint density at radius 2 is 2.14 bits per heavy atom. The number of aromatic carboxylic acids is 1. The molecular formula is C17H24N2O2. The molecule has 1 saturated carbocycles. The van der Waals surface area contributed by atoms with Crippen LogP contribution >= 0.6 is 0 Å². The first-order chi connectivity index (χ1) is 10.2. The van der Waals surface area contributed by atoms with Gasteiger partial charge in [-0.1, -0.05) is 6.92 Å². The van der Waals surface area contributed by atoms with Crippen molar-refractivity contribution in [3.05, 3.63) is 22.9 Å². The van der Waals surface area contributed by atoms with Crippen LogP contribution in [0.15, 0.2) is 6.07 Å². The third-order valence-corrected chi connectivity index (χ3v) is 4.48. The van der Waals surface area contributed by atoms with Crippen molar-refractivity contribution in [2.24, 2.45) is 5.92 Å². The van der Waals surface area contributed by atoms with E-state index >= 15 is 0 Å². The summed E-state index contributed by atoms with van der Waals surface area (Å²) in [7, 11) is 0. The van der Waals surface area contributed by atoms with Crippen LogP contribution in [0, 0.1) is 5.92 Å². The van der Waals surface area contributed by atoms with Gasteiger partial charge in [0.05, 0.1) is 0 Å². The van der Waals surface area contributed by atoms with Gasteiger partial charge in [0.15, 0.2) is 0 Å². The van der Waals surface area contributed by atoms with Gasteiger partial charge in [-0.05, 0) is 62.5 Å². The van der Waals surface area contributed by atoms with E-state index in [1.165, 1.54) is 19.3 Å². The molecule has 1 fully saturated rings. The van der Waals surface area contributed by atoms with Crippen molar-refractivity contribution in [1.29, 1.82) is 0 Å². The summed E-state index contributed by atoms with van der Waals surface area (Å²) in [5, 5.41) is 9.57. The van der Waals surface area contributed by atoms with E-state index in [4.69, 9.17) is 4.98 Å². The van der Waals surface area contributed by atoms with E-state index in [-0.39, 0.29) is 0 Å². The van der Waals surface area contributed by atoms with Crippen LogP contribution in [0.2, 0.25) is 0 Å². The summed E-state index contributed by atoms with van der Waals surface area (Å²) in [5.41, 5.74) is 2.66. The minimum atomic E-state index is -0.845. The number of pyridine rings is 1. The van der Waals surface area contributed by atoms with Crippen molar-refractivity contribution in [2.45, 2.75) is 51.9 Å². The number of carboxylic acid groups (broad SMARTS) is 1. The van der Waals surface area contributed by atoms with E-state index in [9.17, 15) is 9.90 Å². The highest BCUT2D eigenvalue weighted by Crippen LogP contribution is 2.33. The lowest BCUT2D eigenvalue weighted by molar-refractivity contribution is 0.0697. The third-order valence-electron chi connectivity index (χ3n) is 4.48. The summed E-state index contributed by atoms with van der Waals surface area (Å²) in [6.45, 7) is 3.99. The van der Waals surface area contributed by atoms with Gasteiger partial charge in [-0.2, -0.15) is 0 Å². The first kappa shape index (κ1) is 14.4. The minimum Gasteiger partial charge on any atom is -0.478 e. The molecule has 0 aliphatic heterocycles. The second-order valence-electron chi connectivity index (χ2n) is 6.37. The summed E-state index contributed by atoms with van der Waals surface area (Å²) < 4.78 is 0. The Morgan fingerprint density at radius 3 is 2.81 bits per heavy atom. The van der Waals surface area contributed by atoms with E-state index < -0.39 is 5.97 Å². The summed E-state index contributed by atoms with van der Waals surface area (Å²) >= 11 is 0. The molecule has 0 spiro atoms. The first-order valence-electron chi connectivity index (χ1n) is 8.20. The number of carbonyl (C=O) groups is 1. The molecule has 0 aromatic carbocycles. The highest BCUT2D eigenvalue weighted by molar-refractivity contribution is 5.93. The Bertz CT molecular complexity index is 538. The zero-order valence-corrected chi connectivity index (χ0v) is 12.8. The summed E-state index contributed by atoms with van der Waals surface area (Å²) in [4.78, 5) is 18.6. The highest BCUT2D eigenvalue weighted by Gasteiger charge is 2.28. The lowest BCUT2D eigenvalue weighted by Gasteiger charge is -2.27. The fourth-order valence-corrected chi connectivity index (χ4v) is 3.19. The minimum absolute atomic E-state index is 0.393. The molecule has 1 heterocycles. The molecule has 2 aliphatic rings. The topological polar surface area (TPSA) is 53.4 Å². The van der Waals surface area contributed by atoms with Crippen LogP contribution in [-0.2, 0) is 12.8 Å². The van der Waals surface area contributed by atoms with Gasteiger partial charge < -0.3 is 10.0 Å². The number of anilines is 1. The number of nitrogens with zero attached hydrogens (tertiary/aromatic N) is 2. The maximum Gasteiger partial charge on any atom is 0.339 e. The molecule has 4 heteroatoms. The molecule has 1 N–H and O–H groups in total. The Hall–Kier alpha value is -1.58. The monoisotopic (exact) mass is 288 g/mol. The molecule has 0 bridgehead atoms. The highest BCUT2D eigenvalue weighted by atomic mass is 16.4. The quantitative estimate of drug-likeness (QED) is 0.872. The zero-order chi connectivity index (χ0) is 14.8. The van der Waals surface area contributed by atoms with E-state index in [0.717, 1.165) is 55.9 Å². The second kappa shape index (κ2) is 6.04. The average molecular weight is 288 g/mol. The molecule has 0 amide bonds. The van der Waals surface area contributed by atoms with Gasteiger partial charge in [-0.25, -0.2) is 9.78 Å². The van der Waals surface area contributed by atoms with Gasteiger partial charge in [0, 0.05) is 18.8 Å². The lowest BCUT2D eigenvalue weighted by Crippen LogP contribution is -2.30. The van der Waals surface area contributed by atoms with Crippen molar-refractivity contribution in [3.8, 4) is 0 Å². The molecule has 1 aromatic heterocycles. The first-order valence-corrected chi connectivity index (χ1v) is 8.20. The van der Waals surface area contributed by atoms with Gasteiger partial charge in [0.1, 0.15) is 11.4 Å². The zero-order valence-electron chi connectivity index (χ0n) is 12.8. The number of aryl methyl sites for hydroxylation is 2. The van der Waals surface area contributed by atoms with Gasteiger partial charge in [-0.3, -0.25) is 0 Å². The fraction of sp³-hybridized carbons (Fsp3) is 0.647. The third kappa shape index (κ3) is 3.20. The molecule has 1 aromatic rings. The van der Waals surface area contributed by atoms with Crippen LogP contribution in [0.1, 0.15) is 60.6 Å². The van der Waals surface area contributed by atoms with Crippen molar-refractivity contribution < 1.29 is 9.90 Å². The average Bonchev–Trinajstić information content (AvgIpc) is 3.29. The number of rotatable bonds is 6. The summed E-state index contributed by atoms with van der Waals surface area (Å²) in [6.07, 6.45) is 7.84. The van der Waals surface area contributed by atoms with E-state index in [1.54, 1.807) is 0 Å². The largest absolute Gasteiger partial charge is 0.478 e. The molecule has 21 heavy (non-hydrogen) atoms. The number of aromatic nitrogens is 1. The Kier molecular flexibility index (Phi) is 4.13. The predicted molar refractivity (Wildman–Crippen MR) is 83.1 cm³/mol. The van der Waals surface area contributed by atoms with Crippen molar-refractivity contribution in [1.82, 2.24) is 4.98 Å². The van der Waals surface area contributed by atoms with Gasteiger partial charge in [0.25, 0.3) is 0 Å². The van der Waals surface area contributed by atoms with E-state index in [0.29, 0.717) is 11.4 Å². The van der Waals surface area contributed by atoms with Crippen LogP contribution in [0.5, 0.6) is 0 Å². The van der Waals surface area contributed by atoms with E-state index in [2.05, 4.69) is 11.8 Å².